The quantitative estimate of drug-likeness (QED) is 0.848. The van der Waals surface area contributed by atoms with E-state index in [9.17, 15) is 4.79 Å². The summed E-state index contributed by atoms with van der Waals surface area (Å²) < 4.78 is 1.50. The molecule has 1 heterocycles. The molecular formula is C12H14N4OS. The van der Waals surface area contributed by atoms with E-state index >= 15 is 0 Å². The highest BCUT2D eigenvalue weighted by molar-refractivity contribution is 7.98. The summed E-state index contributed by atoms with van der Waals surface area (Å²) in [6.07, 6.45) is 3.61. The first-order chi connectivity index (χ1) is 8.70. The number of aryl methyl sites for hydroxylation is 1. The Kier molecular flexibility index (Phi) is 3.99. The monoisotopic (exact) mass is 262 g/mol. The summed E-state index contributed by atoms with van der Waals surface area (Å²) in [4.78, 5) is 13.0. The molecule has 0 saturated heterocycles. The number of aromatic nitrogens is 3. The maximum absolute atomic E-state index is 11.8. The minimum absolute atomic E-state index is 0.209. The molecule has 5 nitrogen and oxygen atoms in total. The van der Waals surface area contributed by atoms with Crippen molar-refractivity contribution < 1.29 is 4.79 Å². The minimum Gasteiger partial charge on any atom is -0.346 e. The van der Waals surface area contributed by atoms with E-state index in [1.807, 2.05) is 30.5 Å². The van der Waals surface area contributed by atoms with E-state index in [4.69, 9.17) is 0 Å². The number of hydrogen-bond donors (Lipinski definition) is 1. The van der Waals surface area contributed by atoms with Gasteiger partial charge >= 0.3 is 0 Å². The summed E-state index contributed by atoms with van der Waals surface area (Å²) in [6.45, 7) is 0.492. The van der Waals surface area contributed by atoms with Gasteiger partial charge in [-0.25, -0.2) is 0 Å². The Morgan fingerprint density at radius 3 is 2.89 bits per heavy atom. The summed E-state index contributed by atoms with van der Waals surface area (Å²) in [5.74, 6) is -0.209. The minimum atomic E-state index is -0.209. The fraction of sp³-hybridized carbons (Fsp3) is 0.250. The molecule has 0 fully saturated rings. The van der Waals surface area contributed by atoms with Gasteiger partial charge in [0.25, 0.3) is 5.91 Å². The van der Waals surface area contributed by atoms with Crippen LogP contribution in [-0.4, -0.2) is 27.2 Å². The van der Waals surface area contributed by atoms with Crippen LogP contribution in [-0.2, 0) is 13.6 Å². The van der Waals surface area contributed by atoms with Gasteiger partial charge in [-0.3, -0.25) is 9.48 Å². The molecule has 1 aromatic heterocycles. The van der Waals surface area contributed by atoms with Crippen molar-refractivity contribution in [2.24, 2.45) is 7.05 Å². The van der Waals surface area contributed by atoms with Crippen molar-refractivity contribution in [3.63, 3.8) is 0 Å². The second-order valence-corrected chi connectivity index (χ2v) is 4.62. The zero-order valence-corrected chi connectivity index (χ0v) is 11.1. The van der Waals surface area contributed by atoms with Crippen molar-refractivity contribution in [1.29, 1.82) is 0 Å². The third-order valence-electron chi connectivity index (χ3n) is 2.47. The second kappa shape index (κ2) is 5.68. The lowest BCUT2D eigenvalue weighted by Crippen LogP contribution is -2.23. The molecule has 94 valence electrons. The molecule has 0 aliphatic heterocycles. The molecule has 6 heteroatoms. The Labute approximate surface area is 110 Å². The molecule has 0 unspecified atom stereocenters. The summed E-state index contributed by atoms with van der Waals surface area (Å²) in [5, 5.41) is 10.3. The molecule has 1 amide bonds. The zero-order valence-electron chi connectivity index (χ0n) is 10.3. The van der Waals surface area contributed by atoms with Crippen LogP contribution in [0.15, 0.2) is 35.4 Å². The van der Waals surface area contributed by atoms with Crippen molar-refractivity contribution in [2.75, 3.05) is 6.26 Å². The van der Waals surface area contributed by atoms with Gasteiger partial charge in [-0.05, 0) is 17.9 Å². The molecule has 0 radical (unpaired) electrons. The molecule has 0 aliphatic carbocycles. The number of carbonyl (C=O) groups excluding carboxylic acids is 1. The summed E-state index contributed by atoms with van der Waals surface area (Å²) >= 11 is 1.66. The lowest BCUT2D eigenvalue weighted by Gasteiger charge is -2.07. The zero-order chi connectivity index (χ0) is 13.0. The van der Waals surface area contributed by atoms with Crippen molar-refractivity contribution >= 4 is 17.7 Å². The third-order valence-corrected chi connectivity index (χ3v) is 3.31. The molecule has 2 rings (SSSR count). The third kappa shape index (κ3) is 2.89. The summed E-state index contributed by atoms with van der Waals surface area (Å²) in [6, 6.07) is 7.99. The number of rotatable bonds is 4. The lowest BCUT2D eigenvalue weighted by atomic mass is 10.2. The maximum Gasteiger partial charge on any atom is 0.273 e. The molecule has 1 N–H and O–H groups in total. The van der Waals surface area contributed by atoms with Crippen LogP contribution in [0.3, 0.4) is 0 Å². The van der Waals surface area contributed by atoms with Crippen LogP contribution in [0.2, 0.25) is 0 Å². The molecule has 0 spiro atoms. The second-order valence-electron chi connectivity index (χ2n) is 3.77. The smallest absolute Gasteiger partial charge is 0.273 e. The molecule has 0 atom stereocenters. The Morgan fingerprint density at radius 1 is 1.44 bits per heavy atom. The highest BCUT2D eigenvalue weighted by atomic mass is 32.2. The molecule has 1 aromatic carbocycles. The number of carbonyl (C=O) groups is 1. The average molecular weight is 262 g/mol. The van der Waals surface area contributed by atoms with Crippen molar-refractivity contribution in [3.8, 4) is 0 Å². The first-order valence-corrected chi connectivity index (χ1v) is 6.69. The lowest BCUT2D eigenvalue weighted by molar-refractivity contribution is 0.0945. The van der Waals surface area contributed by atoms with Crippen LogP contribution >= 0.6 is 11.8 Å². The van der Waals surface area contributed by atoms with Crippen LogP contribution in [0.4, 0.5) is 0 Å². The molecule has 18 heavy (non-hydrogen) atoms. The average Bonchev–Trinajstić information content (AvgIpc) is 2.83. The van der Waals surface area contributed by atoms with Crippen LogP contribution in [0.1, 0.15) is 16.1 Å². The number of amides is 1. The largest absolute Gasteiger partial charge is 0.346 e. The van der Waals surface area contributed by atoms with Crippen LogP contribution in [0, 0.1) is 0 Å². The molecular weight excluding hydrogens is 248 g/mol. The molecule has 2 aromatic rings. The van der Waals surface area contributed by atoms with E-state index in [-0.39, 0.29) is 5.91 Å². The number of thioether (sulfide) groups is 1. The van der Waals surface area contributed by atoms with Crippen molar-refractivity contribution in [3.05, 3.63) is 41.7 Å². The van der Waals surface area contributed by atoms with Gasteiger partial charge in [-0.1, -0.05) is 23.4 Å². The summed E-state index contributed by atoms with van der Waals surface area (Å²) in [5.41, 5.74) is 1.43. The van der Waals surface area contributed by atoms with Gasteiger partial charge < -0.3 is 5.32 Å². The number of hydrogen-bond acceptors (Lipinski definition) is 4. The predicted molar refractivity (Wildman–Crippen MR) is 70.4 cm³/mol. The fourth-order valence-corrected chi connectivity index (χ4v) is 2.18. The number of nitrogens with zero attached hydrogens (tertiary/aromatic N) is 3. The van der Waals surface area contributed by atoms with E-state index in [2.05, 4.69) is 15.6 Å². The van der Waals surface area contributed by atoms with Gasteiger partial charge in [0.05, 0.1) is 6.20 Å². The topological polar surface area (TPSA) is 59.8 Å². The van der Waals surface area contributed by atoms with E-state index < -0.39 is 0 Å². The van der Waals surface area contributed by atoms with E-state index in [0.717, 1.165) is 10.5 Å². The van der Waals surface area contributed by atoms with Crippen molar-refractivity contribution in [2.45, 2.75) is 11.4 Å². The molecule has 0 saturated carbocycles. The Bertz CT molecular complexity index is 553. The first-order valence-electron chi connectivity index (χ1n) is 5.47. The Morgan fingerprint density at radius 2 is 2.22 bits per heavy atom. The van der Waals surface area contributed by atoms with Gasteiger partial charge in [0.1, 0.15) is 0 Å². The van der Waals surface area contributed by atoms with E-state index in [1.54, 1.807) is 25.0 Å². The van der Waals surface area contributed by atoms with Gasteiger partial charge in [-0.2, -0.15) is 0 Å². The fourth-order valence-electron chi connectivity index (χ4n) is 1.57. The highest BCUT2D eigenvalue weighted by Crippen LogP contribution is 2.19. The van der Waals surface area contributed by atoms with Gasteiger partial charge in [-0.15, -0.1) is 16.9 Å². The standard InChI is InChI=1S/C12H14N4OS/c1-16-8-10(14-15-16)12(17)13-7-9-5-3-4-6-11(9)18-2/h3-6,8H,7H2,1-2H3,(H,13,17). The van der Waals surface area contributed by atoms with Crippen LogP contribution < -0.4 is 5.32 Å². The molecule has 0 bridgehead atoms. The van der Waals surface area contributed by atoms with Gasteiger partial charge in [0.15, 0.2) is 5.69 Å². The SMILES string of the molecule is CSc1ccccc1CNC(=O)c1cn(C)nn1. The van der Waals surface area contributed by atoms with Crippen LogP contribution in [0.25, 0.3) is 0 Å². The van der Waals surface area contributed by atoms with Crippen LogP contribution in [0.5, 0.6) is 0 Å². The normalized spacial score (nSPS) is 10.3. The molecule has 0 aliphatic rings. The van der Waals surface area contributed by atoms with E-state index in [0.29, 0.717) is 12.2 Å². The van der Waals surface area contributed by atoms with Gasteiger partial charge in [0, 0.05) is 18.5 Å². The Hall–Kier alpha value is -1.82. The number of benzene rings is 1. The maximum atomic E-state index is 11.8. The van der Waals surface area contributed by atoms with Crippen molar-refractivity contribution in [1.82, 2.24) is 20.3 Å². The first kappa shape index (κ1) is 12.6. The predicted octanol–water partition coefficient (Wildman–Crippen LogP) is 1.47. The Balaban J connectivity index is 2.01. The summed E-state index contributed by atoms with van der Waals surface area (Å²) in [7, 11) is 1.73. The van der Waals surface area contributed by atoms with Gasteiger partial charge in [0.2, 0.25) is 0 Å². The number of nitrogens with one attached hydrogen (secondary N) is 1. The highest BCUT2D eigenvalue weighted by Gasteiger charge is 2.10. The van der Waals surface area contributed by atoms with E-state index in [1.165, 1.54) is 4.68 Å².